The highest BCUT2D eigenvalue weighted by Crippen LogP contribution is 2.39. The zero-order chi connectivity index (χ0) is 14.2. The van der Waals surface area contributed by atoms with Gasteiger partial charge in [-0.15, -0.1) is 0 Å². The van der Waals surface area contributed by atoms with Gasteiger partial charge in [0.15, 0.2) is 0 Å². The van der Waals surface area contributed by atoms with Gasteiger partial charge in [0.25, 0.3) is 0 Å². The second kappa shape index (κ2) is 5.00. The molecule has 0 aliphatic rings. The lowest BCUT2D eigenvalue weighted by molar-refractivity contribution is 0.190. The molecule has 0 radical (unpaired) electrons. The van der Waals surface area contributed by atoms with Crippen molar-refractivity contribution in [1.29, 1.82) is 0 Å². The second-order valence-corrected chi connectivity index (χ2v) is 5.80. The fourth-order valence-corrected chi connectivity index (χ4v) is 2.71. The number of hydrogen-bond acceptors (Lipinski definition) is 2. The molecule has 0 aliphatic heterocycles. The fourth-order valence-electron chi connectivity index (χ4n) is 2.41. The highest BCUT2D eigenvalue weighted by molar-refractivity contribution is 7.46. The molecule has 3 rings (SSSR count). The summed E-state index contributed by atoms with van der Waals surface area (Å²) in [5.74, 6) is 0. The van der Waals surface area contributed by atoms with Crippen molar-refractivity contribution in [2.24, 2.45) is 0 Å². The van der Waals surface area contributed by atoms with E-state index in [0.29, 0.717) is 0 Å². The van der Waals surface area contributed by atoms with Crippen molar-refractivity contribution in [2.75, 3.05) is 0 Å². The molecule has 0 amide bonds. The summed E-state index contributed by atoms with van der Waals surface area (Å²) < 4.78 is 15.6. The molecule has 0 spiro atoms. The Kier molecular flexibility index (Phi) is 3.32. The van der Waals surface area contributed by atoms with Crippen molar-refractivity contribution < 1.29 is 18.9 Å². The molecule has 0 atom stereocenters. The molecule has 0 unspecified atom stereocenters. The molecular formula is C15H13O4P. The number of benzene rings is 3. The molecule has 20 heavy (non-hydrogen) atoms. The highest BCUT2D eigenvalue weighted by Gasteiger charge is 2.16. The summed E-state index contributed by atoms with van der Waals surface area (Å²) in [5, 5.41) is 3.94. The summed E-state index contributed by atoms with van der Waals surface area (Å²) in [6.07, 6.45) is 0. The monoisotopic (exact) mass is 288 g/mol. The maximum atomic E-state index is 10.9. The minimum Gasteiger partial charge on any atom is -0.303 e. The van der Waals surface area contributed by atoms with Crippen LogP contribution >= 0.6 is 7.82 Å². The summed E-state index contributed by atoms with van der Waals surface area (Å²) >= 11 is 0. The Morgan fingerprint density at radius 1 is 0.900 bits per heavy atom. The molecular weight excluding hydrogens is 275 g/mol. The van der Waals surface area contributed by atoms with Crippen molar-refractivity contribution in [1.82, 2.24) is 0 Å². The van der Waals surface area contributed by atoms with Gasteiger partial charge in [-0.3, -0.25) is 4.52 Å². The topological polar surface area (TPSA) is 66.8 Å². The minimum atomic E-state index is -4.49. The average molecular weight is 288 g/mol. The predicted molar refractivity (Wildman–Crippen MR) is 78.3 cm³/mol. The Labute approximate surface area is 115 Å². The van der Waals surface area contributed by atoms with Crippen molar-refractivity contribution in [2.45, 2.75) is 6.61 Å². The Morgan fingerprint density at radius 2 is 1.40 bits per heavy atom. The van der Waals surface area contributed by atoms with E-state index in [9.17, 15) is 4.57 Å². The van der Waals surface area contributed by atoms with Crippen LogP contribution in [-0.4, -0.2) is 9.79 Å². The first-order valence-corrected chi connectivity index (χ1v) is 7.67. The van der Waals surface area contributed by atoms with Gasteiger partial charge in [0.2, 0.25) is 0 Å². The molecule has 0 saturated carbocycles. The number of fused-ring (bicyclic) bond motifs is 2. The number of phosphoric ester groups is 1. The van der Waals surface area contributed by atoms with Crippen LogP contribution in [0, 0.1) is 0 Å². The molecule has 0 saturated heterocycles. The largest absolute Gasteiger partial charge is 0.469 e. The average Bonchev–Trinajstić information content (AvgIpc) is 2.42. The molecule has 0 aliphatic carbocycles. The first kappa shape index (κ1) is 13.3. The third-order valence-corrected chi connectivity index (χ3v) is 3.73. The fraction of sp³-hybridized carbons (Fsp3) is 0.0667. The van der Waals surface area contributed by atoms with Crippen LogP contribution in [0.5, 0.6) is 0 Å². The first-order valence-electron chi connectivity index (χ1n) is 6.14. The van der Waals surface area contributed by atoms with Crippen LogP contribution in [0.4, 0.5) is 0 Å². The van der Waals surface area contributed by atoms with Gasteiger partial charge in [0, 0.05) is 0 Å². The summed E-state index contributed by atoms with van der Waals surface area (Å²) in [6.45, 7) is -0.119. The lowest BCUT2D eigenvalue weighted by Gasteiger charge is -2.12. The van der Waals surface area contributed by atoms with E-state index in [1.165, 1.54) is 0 Å². The normalized spacial score (nSPS) is 12.1. The van der Waals surface area contributed by atoms with E-state index in [1.807, 2.05) is 48.5 Å². The van der Waals surface area contributed by atoms with Crippen molar-refractivity contribution in [3.8, 4) is 0 Å². The van der Waals surface area contributed by atoms with Gasteiger partial charge in [0.05, 0.1) is 6.61 Å². The van der Waals surface area contributed by atoms with Gasteiger partial charge in [-0.2, -0.15) is 0 Å². The molecule has 0 bridgehead atoms. The lowest BCUT2D eigenvalue weighted by Crippen LogP contribution is -1.94. The van der Waals surface area contributed by atoms with Crippen LogP contribution in [0.25, 0.3) is 21.5 Å². The zero-order valence-corrected chi connectivity index (χ0v) is 11.5. The second-order valence-electron chi connectivity index (χ2n) is 4.56. The summed E-state index contributed by atoms with van der Waals surface area (Å²) in [7, 11) is -4.49. The number of phosphoric acid groups is 1. The van der Waals surface area contributed by atoms with E-state index in [0.717, 1.165) is 27.1 Å². The van der Waals surface area contributed by atoms with E-state index in [4.69, 9.17) is 14.3 Å². The number of hydrogen-bond donors (Lipinski definition) is 2. The third kappa shape index (κ3) is 2.60. The Bertz CT molecular complexity index is 768. The van der Waals surface area contributed by atoms with E-state index in [1.54, 1.807) is 0 Å². The summed E-state index contributed by atoms with van der Waals surface area (Å²) in [6, 6.07) is 17.5. The highest BCUT2D eigenvalue weighted by atomic mass is 31.2. The van der Waals surface area contributed by atoms with Crippen molar-refractivity contribution in [3.05, 3.63) is 60.2 Å². The standard InChI is InChI=1S/C15H13O4P/c16-20(17,18)19-10-15-13-7-3-1-5-11(13)9-12-6-2-4-8-14(12)15/h1-9H,10H2,(H2,16,17,18). The summed E-state index contributed by atoms with van der Waals surface area (Å²) in [5.41, 5.74) is 0.794. The van der Waals surface area contributed by atoms with Gasteiger partial charge < -0.3 is 9.79 Å². The molecule has 102 valence electrons. The van der Waals surface area contributed by atoms with Crippen LogP contribution in [-0.2, 0) is 15.7 Å². The molecule has 5 heteroatoms. The maximum Gasteiger partial charge on any atom is 0.469 e. The van der Waals surface area contributed by atoms with Crippen LogP contribution in [0.1, 0.15) is 5.56 Å². The van der Waals surface area contributed by atoms with Crippen LogP contribution < -0.4 is 0 Å². The Morgan fingerprint density at radius 3 is 1.90 bits per heavy atom. The molecule has 2 N–H and O–H groups in total. The smallest absolute Gasteiger partial charge is 0.303 e. The predicted octanol–water partition coefficient (Wildman–Crippen LogP) is 3.60. The molecule has 0 heterocycles. The van der Waals surface area contributed by atoms with Gasteiger partial charge in [-0.1, -0.05) is 48.5 Å². The third-order valence-electron chi connectivity index (χ3n) is 3.26. The molecule has 0 aromatic heterocycles. The molecule has 4 nitrogen and oxygen atoms in total. The first-order chi connectivity index (χ1) is 9.54. The van der Waals surface area contributed by atoms with Crippen LogP contribution in [0.2, 0.25) is 0 Å². The lowest BCUT2D eigenvalue weighted by atomic mass is 9.97. The minimum absolute atomic E-state index is 0.119. The van der Waals surface area contributed by atoms with Gasteiger partial charge >= 0.3 is 7.82 Å². The summed E-state index contributed by atoms with van der Waals surface area (Å²) in [4.78, 5) is 17.8. The Balaban J connectivity index is 2.25. The van der Waals surface area contributed by atoms with Gasteiger partial charge in [0.1, 0.15) is 0 Å². The van der Waals surface area contributed by atoms with E-state index < -0.39 is 7.82 Å². The molecule has 3 aromatic rings. The quantitative estimate of drug-likeness (QED) is 0.571. The van der Waals surface area contributed by atoms with Crippen LogP contribution in [0.15, 0.2) is 54.6 Å². The van der Waals surface area contributed by atoms with Gasteiger partial charge in [-0.05, 0) is 33.2 Å². The van der Waals surface area contributed by atoms with Crippen LogP contribution in [0.3, 0.4) is 0 Å². The van der Waals surface area contributed by atoms with E-state index in [2.05, 4.69) is 6.07 Å². The zero-order valence-electron chi connectivity index (χ0n) is 10.6. The van der Waals surface area contributed by atoms with E-state index in [-0.39, 0.29) is 6.61 Å². The van der Waals surface area contributed by atoms with Gasteiger partial charge in [-0.25, -0.2) is 4.57 Å². The molecule has 0 fully saturated rings. The Hall–Kier alpha value is -1.71. The number of rotatable bonds is 3. The van der Waals surface area contributed by atoms with E-state index >= 15 is 0 Å². The maximum absolute atomic E-state index is 10.9. The van der Waals surface area contributed by atoms with Crippen molar-refractivity contribution >= 4 is 29.4 Å². The molecule has 3 aromatic carbocycles. The van der Waals surface area contributed by atoms with Crippen molar-refractivity contribution in [3.63, 3.8) is 0 Å². The SMILES string of the molecule is O=P(O)(O)OCc1c2ccccc2cc2ccccc12.